The number of benzene rings is 1. The van der Waals surface area contributed by atoms with E-state index in [0.29, 0.717) is 19.6 Å². The fourth-order valence-corrected chi connectivity index (χ4v) is 5.21. The number of hydrogen-bond donors (Lipinski definition) is 0. The summed E-state index contributed by atoms with van der Waals surface area (Å²) < 4.78 is 29.4. The van der Waals surface area contributed by atoms with Crippen LogP contribution in [0.1, 0.15) is 39.7 Å². The Bertz CT molecular complexity index is 717. The lowest BCUT2D eigenvalue weighted by atomic mass is 10.1. The minimum atomic E-state index is -2.24. The van der Waals surface area contributed by atoms with Crippen molar-refractivity contribution in [3.63, 3.8) is 0 Å². The van der Waals surface area contributed by atoms with Crippen molar-refractivity contribution in [2.75, 3.05) is 27.1 Å². The van der Waals surface area contributed by atoms with Gasteiger partial charge in [0.2, 0.25) is 0 Å². The van der Waals surface area contributed by atoms with E-state index in [0.717, 1.165) is 4.90 Å². The molecule has 0 bridgehead atoms. The highest BCUT2D eigenvalue weighted by Gasteiger charge is 2.44. The lowest BCUT2D eigenvalue weighted by molar-refractivity contribution is -0.158. The van der Waals surface area contributed by atoms with E-state index in [1.807, 2.05) is 31.2 Å². The number of methoxy groups -OCH3 is 1. The molecule has 0 saturated heterocycles. The molecule has 0 heterocycles. The number of carbonyl (C=O) groups excluding carboxylic acids is 1. The molecule has 0 aromatic heterocycles. The molecule has 1 aromatic rings. The smallest absolute Gasteiger partial charge is 0.303 e. The maximum atomic E-state index is 12.1. The normalized spacial score (nSPS) is 15.0. The van der Waals surface area contributed by atoms with Crippen molar-refractivity contribution in [1.82, 2.24) is 0 Å². The molecule has 188 valence electrons. The van der Waals surface area contributed by atoms with Gasteiger partial charge >= 0.3 is 5.97 Å². The van der Waals surface area contributed by atoms with Crippen molar-refractivity contribution in [2.24, 2.45) is 0 Å². The van der Waals surface area contributed by atoms with E-state index in [1.54, 1.807) is 13.2 Å². The van der Waals surface area contributed by atoms with E-state index in [1.165, 1.54) is 24.2 Å². The average molecular weight is 499 g/mol. The monoisotopic (exact) mass is 498 g/mol. The largest absolute Gasteiger partial charge is 0.448 e. The summed E-state index contributed by atoms with van der Waals surface area (Å²) in [7, 11) is -0.615. The summed E-state index contributed by atoms with van der Waals surface area (Å²) in [6.45, 7) is 19.3. The van der Waals surface area contributed by atoms with Gasteiger partial charge < -0.3 is 23.4 Å². The number of aryl methyl sites for hydroxylation is 1. The Balaban J connectivity index is 3.27. The molecule has 0 radical (unpaired) electrons. The summed E-state index contributed by atoms with van der Waals surface area (Å²) >= 11 is 1.47. The van der Waals surface area contributed by atoms with Crippen LogP contribution in [0.3, 0.4) is 0 Å². The number of ether oxygens (including phenoxy) is 4. The summed E-state index contributed by atoms with van der Waals surface area (Å²) in [4.78, 5) is 13.1. The second-order valence-electron chi connectivity index (χ2n) is 9.50. The van der Waals surface area contributed by atoms with Gasteiger partial charge in [0, 0.05) is 18.9 Å². The first-order valence-electron chi connectivity index (χ1n) is 11.3. The van der Waals surface area contributed by atoms with Gasteiger partial charge in [-0.15, -0.1) is 6.58 Å². The van der Waals surface area contributed by atoms with Crippen molar-refractivity contribution >= 4 is 26.0 Å². The Morgan fingerprint density at radius 3 is 2.33 bits per heavy atom. The Morgan fingerprint density at radius 2 is 1.82 bits per heavy atom. The summed E-state index contributed by atoms with van der Waals surface area (Å²) in [6.07, 6.45) is 1.41. The van der Waals surface area contributed by atoms with Crippen LogP contribution in [-0.4, -0.2) is 59.0 Å². The maximum absolute atomic E-state index is 12.1. The molecular formula is C25H42O6SSi. The third-order valence-electron chi connectivity index (χ3n) is 5.62. The van der Waals surface area contributed by atoms with Crippen LogP contribution >= 0.6 is 11.8 Å². The van der Waals surface area contributed by atoms with Crippen LogP contribution in [0.25, 0.3) is 0 Å². The fourth-order valence-electron chi connectivity index (χ4n) is 2.69. The molecule has 1 unspecified atom stereocenters. The fraction of sp³-hybridized carbons (Fsp3) is 0.640. The minimum Gasteiger partial charge on any atom is -0.448 e. The van der Waals surface area contributed by atoms with E-state index in [-0.39, 0.29) is 17.8 Å². The van der Waals surface area contributed by atoms with Gasteiger partial charge in [0.05, 0.1) is 19.3 Å². The molecule has 0 aliphatic carbocycles. The van der Waals surface area contributed by atoms with Crippen LogP contribution in [0.4, 0.5) is 0 Å². The van der Waals surface area contributed by atoms with Crippen molar-refractivity contribution < 1.29 is 28.2 Å². The lowest BCUT2D eigenvalue weighted by Crippen LogP contribution is -2.52. The van der Waals surface area contributed by atoms with Gasteiger partial charge in [-0.3, -0.25) is 4.79 Å². The van der Waals surface area contributed by atoms with E-state index >= 15 is 0 Å². The predicted molar refractivity (Wildman–Crippen MR) is 137 cm³/mol. The molecule has 0 aliphatic rings. The molecule has 0 fully saturated rings. The van der Waals surface area contributed by atoms with Crippen LogP contribution in [0, 0.1) is 6.92 Å². The third kappa shape index (κ3) is 10.8. The number of hydrogen-bond acceptors (Lipinski definition) is 7. The highest BCUT2D eigenvalue weighted by Crippen LogP contribution is 2.40. The molecule has 8 heteroatoms. The SMILES string of the molecule is C=CC[C@@H](OCOCCOC)[C@H](O[Si](C)(C)C(C)(C)C)C(OC(C)=O)Sc1ccc(C)cc1. The Kier molecular flexibility index (Phi) is 12.9. The Morgan fingerprint density at radius 1 is 1.18 bits per heavy atom. The maximum Gasteiger partial charge on any atom is 0.303 e. The standard InChI is InChI=1S/C25H42O6SSi/c1-10-11-22(29-18-28-17-16-27-7)23(31-33(8,9)25(4,5)6)24(30-20(3)26)32-21-14-12-19(2)13-15-21/h10,12-15,22-24H,1,11,16-18H2,2-9H3/t22-,23+,24?/m1/s1. The first kappa shape index (κ1) is 29.9. The molecule has 0 spiro atoms. The van der Waals surface area contributed by atoms with Gasteiger partial charge in [0.25, 0.3) is 0 Å². The first-order chi connectivity index (χ1) is 15.4. The number of esters is 1. The predicted octanol–water partition coefficient (Wildman–Crippen LogP) is 5.95. The summed E-state index contributed by atoms with van der Waals surface area (Å²) in [5.74, 6) is -0.364. The first-order valence-corrected chi connectivity index (χ1v) is 15.1. The second-order valence-corrected chi connectivity index (χ2v) is 15.4. The van der Waals surface area contributed by atoms with Gasteiger partial charge in [-0.25, -0.2) is 0 Å². The van der Waals surface area contributed by atoms with Crippen molar-refractivity contribution in [3.8, 4) is 0 Å². The van der Waals surface area contributed by atoms with E-state index in [9.17, 15) is 4.79 Å². The summed E-state index contributed by atoms with van der Waals surface area (Å²) in [6, 6.07) is 8.13. The molecule has 0 N–H and O–H groups in total. The Hall–Kier alpha value is -1.16. The van der Waals surface area contributed by atoms with Crippen LogP contribution in [0.5, 0.6) is 0 Å². The van der Waals surface area contributed by atoms with Crippen LogP contribution < -0.4 is 0 Å². The molecule has 1 rings (SSSR count). The van der Waals surface area contributed by atoms with Crippen molar-refractivity contribution in [3.05, 3.63) is 42.5 Å². The van der Waals surface area contributed by atoms with E-state index in [4.69, 9.17) is 23.4 Å². The molecule has 0 aliphatic heterocycles. The second kappa shape index (κ2) is 14.3. The van der Waals surface area contributed by atoms with Crippen LogP contribution in [-0.2, 0) is 28.2 Å². The molecule has 33 heavy (non-hydrogen) atoms. The molecular weight excluding hydrogens is 456 g/mol. The van der Waals surface area contributed by atoms with Gasteiger partial charge in [-0.2, -0.15) is 0 Å². The Labute approximate surface area is 205 Å². The van der Waals surface area contributed by atoms with Gasteiger partial charge in [0.1, 0.15) is 12.9 Å². The van der Waals surface area contributed by atoms with Crippen molar-refractivity contribution in [2.45, 2.75) is 81.7 Å². The van der Waals surface area contributed by atoms with Crippen molar-refractivity contribution in [1.29, 1.82) is 0 Å². The third-order valence-corrected chi connectivity index (χ3v) is 11.2. The zero-order valence-corrected chi connectivity index (χ0v) is 23.3. The zero-order valence-electron chi connectivity index (χ0n) is 21.5. The van der Waals surface area contributed by atoms with Gasteiger partial charge in [-0.1, -0.05) is 56.3 Å². The molecule has 0 saturated carbocycles. The zero-order chi connectivity index (χ0) is 25.1. The molecule has 3 atom stereocenters. The molecule has 6 nitrogen and oxygen atoms in total. The van der Waals surface area contributed by atoms with Crippen LogP contribution in [0.15, 0.2) is 41.8 Å². The minimum absolute atomic E-state index is 0.0335. The summed E-state index contributed by atoms with van der Waals surface area (Å²) in [5, 5.41) is -0.0335. The van der Waals surface area contributed by atoms with Crippen LogP contribution in [0.2, 0.25) is 18.1 Å². The van der Waals surface area contributed by atoms with Gasteiger partial charge in [-0.05, 0) is 43.6 Å². The summed E-state index contributed by atoms with van der Waals surface area (Å²) in [5.41, 5.74) is 0.571. The molecule has 1 aromatic carbocycles. The van der Waals surface area contributed by atoms with E-state index < -0.39 is 26.0 Å². The van der Waals surface area contributed by atoms with Gasteiger partial charge in [0.15, 0.2) is 13.8 Å². The highest BCUT2D eigenvalue weighted by atomic mass is 32.2. The van der Waals surface area contributed by atoms with E-state index in [2.05, 4.69) is 40.4 Å². The topological polar surface area (TPSA) is 63.2 Å². The average Bonchev–Trinajstić information content (AvgIpc) is 2.71. The number of thioether (sulfide) groups is 1. The number of carbonyl (C=O) groups is 1. The lowest BCUT2D eigenvalue weighted by Gasteiger charge is -2.43. The number of rotatable bonds is 15. The quantitative estimate of drug-likeness (QED) is 0.0739. The molecule has 0 amide bonds. The highest BCUT2D eigenvalue weighted by molar-refractivity contribution is 7.99.